The van der Waals surface area contributed by atoms with Crippen LogP contribution >= 0.6 is 0 Å². The second-order valence-corrected chi connectivity index (χ2v) is 6.20. The fourth-order valence-electron chi connectivity index (χ4n) is 3.27. The molecular formula is C14H19N5O5. The number of anilines is 1. The fraction of sp³-hybridized carbons (Fsp3) is 0.500. The van der Waals surface area contributed by atoms with Crippen molar-refractivity contribution in [1.29, 1.82) is 0 Å². The third-order valence-electron chi connectivity index (χ3n) is 4.04. The first-order valence-electron chi connectivity index (χ1n) is 7.47. The number of nitrogen functional groups attached to an aromatic ring is 1. The first kappa shape index (κ1) is 17.6. The van der Waals surface area contributed by atoms with Crippen molar-refractivity contribution in [2.45, 2.75) is 20.3 Å². The summed E-state index contributed by atoms with van der Waals surface area (Å²) in [7, 11) is 0. The van der Waals surface area contributed by atoms with Crippen LogP contribution in [0.25, 0.3) is 0 Å². The second-order valence-electron chi connectivity index (χ2n) is 6.20. The molecule has 1 heterocycles. The van der Waals surface area contributed by atoms with Gasteiger partial charge in [-0.05, 0) is 18.3 Å². The molecule has 1 aliphatic rings. The number of nitrogens with zero attached hydrogens (tertiary/aromatic N) is 3. The number of benzene rings is 1. The van der Waals surface area contributed by atoms with E-state index < -0.39 is 27.1 Å². The summed E-state index contributed by atoms with van der Waals surface area (Å²) in [6.07, 6.45) is 0.950. The highest BCUT2D eigenvalue weighted by Gasteiger charge is 2.35. The van der Waals surface area contributed by atoms with E-state index in [9.17, 15) is 25.0 Å². The molecule has 0 aliphatic carbocycles. The van der Waals surface area contributed by atoms with Gasteiger partial charge in [0.25, 0.3) is 17.3 Å². The number of rotatable bonds is 4. The molecule has 0 radical (unpaired) electrons. The number of nitrogens with one attached hydrogen (secondary N) is 1. The number of hydrogen-bond acceptors (Lipinski definition) is 7. The highest BCUT2D eigenvalue weighted by Crippen LogP contribution is 2.41. The number of carbonyl (C=O) groups excluding carboxylic acids is 1. The Morgan fingerprint density at radius 3 is 2.00 bits per heavy atom. The summed E-state index contributed by atoms with van der Waals surface area (Å²) in [4.78, 5) is 34.8. The largest absolute Gasteiger partial charge is 0.360 e. The van der Waals surface area contributed by atoms with Gasteiger partial charge in [-0.15, -0.1) is 0 Å². The minimum Gasteiger partial charge on any atom is -0.360 e. The Balaban J connectivity index is 2.65. The SMILES string of the molecule is CC1CC(C)CN(c2c([N+](=O)[O-])cc(C(=O)NN)cc2[N+](=O)[O-])C1. The molecule has 1 amide bonds. The molecule has 0 aromatic heterocycles. The molecule has 0 saturated carbocycles. The van der Waals surface area contributed by atoms with Crippen LogP contribution in [0.15, 0.2) is 12.1 Å². The maximum atomic E-state index is 11.7. The number of nitro benzene ring substituents is 2. The highest BCUT2D eigenvalue weighted by molar-refractivity contribution is 5.97. The van der Waals surface area contributed by atoms with Crippen LogP contribution in [-0.2, 0) is 0 Å². The van der Waals surface area contributed by atoms with Crippen molar-refractivity contribution in [2.24, 2.45) is 17.7 Å². The summed E-state index contributed by atoms with van der Waals surface area (Å²) >= 11 is 0. The molecule has 24 heavy (non-hydrogen) atoms. The average molecular weight is 337 g/mol. The van der Waals surface area contributed by atoms with Crippen molar-refractivity contribution in [2.75, 3.05) is 18.0 Å². The molecule has 1 aromatic carbocycles. The predicted octanol–water partition coefficient (Wildman–Crippen LogP) is 1.59. The maximum Gasteiger partial charge on any atom is 0.300 e. The van der Waals surface area contributed by atoms with Crippen LogP contribution in [0.4, 0.5) is 17.1 Å². The van der Waals surface area contributed by atoms with Gasteiger partial charge >= 0.3 is 0 Å². The van der Waals surface area contributed by atoms with Gasteiger partial charge in [0, 0.05) is 25.2 Å². The molecule has 10 heteroatoms. The van der Waals surface area contributed by atoms with E-state index in [0.717, 1.165) is 18.6 Å². The Morgan fingerprint density at radius 2 is 1.62 bits per heavy atom. The number of hydrogen-bond donors (Lipinski definition) is 2. The Bertz CT molecular complexity index is 647. The first-order valence-corrected chi connectivity index (χ1v) is 7.47. The molecular weight excluding hydrogens is 318 g/mol. The van der Waals surface area contributed by atoms with Crippen LogP contribution in [0.1, 0.15) is 30.6 Å². The van der Waals surface area contributed by atoms with E-state index in [4.69, 9.17) is 5.84 Å². The van der Waals surface area contributed by atoms with Gasteiger partial charge in [-0.1, -0.05) is 13.8 Å². The third-order valence-corrected chi connectivity index (χ3v) is 4.04. The molecule has 1 saturated heterocycles. The van der Waals surface area contributed by atoms with E-state index in [-0.39, 0.29) is 23.1 Å². The molecule has 2 atom stereocenters. The molecule has 2 rings (SSSR count). The summed E-state index contributed by atoms with van der Waals surface area (Å²) in [6, 6.07) is 2.04. The van der Waals surface area contributed by atoms with Crippen LogP contribution in [0.5, 0.6) is 0 Å². The van der Waals surface area contributed by atoms with Crippen LogP contribution in [0.2, 0.25) is 0 Å². The highest BCUT2D eigenvalue weighted by atomic mass is 16.6. The third kappa shape index (κ3) is 3.43. The van der Waals surface area contributed by atoms with Crippen molar-refractivity contribution >= 4 is 23.0 Å². The van der Waals surface area contributed by atoms with Crippen molar-refractivity contribution in [3.05, 3.63) is 37.9 Å². The van der Waals surface area contributed by atoms with Crippen LogP contribution in [-0.4, -0.2) is 28.8 Å². The van der Waals surface area contributed by atoms with Gasteiger partial charge < -0.3 is 4.90 Å². The minimum absolute atomic E-state index is 0.0584. The molecule has 1 fully saturated rings. The molecule has 1 aliphatic heterocycles. The van der Waals surface area contributed by atoms with E-state index >= 15 is 0 Å². The number of nitrogens with two attached hydrogens (primary N) is 1. The van der Waals surface area contributed by atoms with Crippen molar-refractivity contribution in [3.8, 4) is 0 Å². The number of piperidine rings is 1. The molecule has 2 unspecified atom stereocenters. The minimum atomic E-state index is -0.826. The Hall–Kier alpha value is -2.75. The number of amides is 1. The van der Waals surface area contributed by atoms with E-state index in [1.165, 1.54) is 0 Å². The second kappa shape index (κ2) is 6.79. The Morgan fingerprint density at radius 1 is 1.17 bits per heavy atom. The van der Waals surface area contributed by atoms with Gasteiger partial charge in [0.15, 0.2) is 5.69 Å². The van der Waals surface area contributed by atoms with Gasteiger partial charge in [-0.25, -0.2) is 5.84 Å². The van der Waals surface area contributed by atoms with Crippen molar-refractivity contribution in [3.63, 3.8) is 0 Å². The van der Waals surface area contributed by atoms with Crippen LogP contribution in [0.3, 0.4) is 0 Å². The van der Waals surface area contributed by atoms with Gasteiger partial charge in [0.1, 0.15) is 0 Å². The van der Waals surface area contributed by atoms with E-state index in [0.29, 0.717) is 13.1 Å². The molecule has 3 N–H and O–H groups in total. The topological polar surface area (TPSA) is 145 Å². The standard InChI is InChI=1S/C14H19N5O5/c1-8-3-9(2)7-17(6-8)13-11(18(21)22)4-10(14(20)16-15)5-12(13)19(23)24/h4-5,8-9H,3,6-7,15H2,1-2H3,(H,16,20). The van der Waals surface area contributed by atoms with Crippen molar-refractivity contribution < 1.29 is 14.6 Å². The molecule has 130 valence electrons. The van der Waals surface area contributed by atoms with Crippen LogP contribution < -0.4 is 16.2 Å². The normalized spacial score (nSPS) is 20.5. The average Bonchev–Trinajstić information content (AvgIpc) is 2.51. The lowest BCUT2D eigenvalue weighted by atomic mass is 9.91. The summed E-state index contributed by atoms with van der Waals surface area (Å²) in [5, 5.41) is 22.9. The van der Waals surface area contributed by atoms with Gasteiger partial charge in [-0.3, -0.25) is 30.4 Å². The maximum absolute atomic E-state index is 11.7. The predicted molar refractivity (Wildman–Crippen MR) is 86.6 cm³/mol. The lowest BCUT2D eigenvalue weighted by Crippen LogP contribution is -2.39. The Labute approximate surface area is 137 Å². The van der Waals surface area contributed by atoms with Gasteiger partial charge in [0.2, 0.25) is 0 Å². The first-order chi connectivity index (χ1) is 11.2. The van der Waals surface area contributed by atoms with Crippen molar-refractivity contribution in [1.82, 2.24) is 5.43 Å². The zero-order valence-electron chi connectivity index (χ0n) is 13.4. The van der Waals surface area contributed by atoms with Gasteiger partial charge in [0.05, 0.1) is 15.4 Å². The zero-order valence-corrected chi connectivity index (χ0v) is 13.4. The summed E-state index contributed by atoms with van der Waals surface area (Å²) < 4.78 is 0. The van der Waals surface area contributed by atoms with E-state index in [1.807, 2.05) is 19.3 Å². The summed E-state index contributed by atoms with van der Waals surface area (Å²) in [6.45, 7) is 4.95. The van der Waals surface area contributed by atoms with Gasteiger partial charge in [-0.2, -0.15) is 0 Å². The number of hydrazine groups is 1. The summed E-state index contributed by atoms with van der Waals surface area (Å²) in [5.41, 5.74) is 0.609. The lowest BCUT2D eigenvalue weighted by molar-refractivity contribution is -0.392. The van der Waals surface area contributed by atoms with Crippen LogP contribution in [0, 0.1) is 32.1 Å². The lowest BCUT2D eigenvalue weighted by Gasteiger charge is -2.35. The smallest absolute Gasteiger partial charge is 0.300 e. The zero-order chi connectivity index (χ0) is 18.0. The quantitative estimate of drug-likeness (QED) is 0.367. The number of carbonyl (C=O) groups is 1. The molecule has 0 bridgehead atoms. The monoisotopic (exact) mass is 337 g/mol. The fourth-order valence-corrected chi connectivity index (χ4v) is 3.27. The molecule has 1 aromatic rings. The molecule has 0 spiro atoms. The van der Waals surface area contributed by atoms with E-state index in [2.05, 4.69) is 0 Å². The molecule has 10 nitrogen and oxygen atoms in total. The summed E-state index contributed by atoms with van der Waals surface area (Å²) in [5.74, 6) is 4.70. The Kier molecular flexibility index (Phi) is 4.98. The number of nitro groups is 2. The van der Waals surface area contributed by atoms with E-state index in [1.54, 1.807) is 4.90 Å².